The van der Waals surface area contributed by atoms with Gasteiger partial charge >= 0.3 is 5.97 Å². The molecule has 0 bridgehead atoms. The molecule has 0 radical (unpaired) electrons. The van der Waals surface area contributed by atoms with Crippen LogP contribution < -0.4 is 5.73 Å². The number of carboxylic acid groups (broad SMARTS) is 1. The average Bonchev–Trinajstić information content (AvgIpc) is 2.36. The lowest BCUT2D eigenvalue weighted by Crippen LogP contribution is -2.77. The minimum Gasteiger partial charge on any atom is -0.480 e. The van der Waals surface area contributed by atoms with Crippen molar-refractivity contribution in [1.82, 2.24) is 4.90 Å². The van der Waals surface area contributed by atoms with Crippen LogP contribution in [0.15, 0.2) is 0 Å². The van der Waals surface area contributed by atoms with Gasteiger partial charge in [-0.05, 0) is 20.8 Å². The van der Waals surface area contributed by atoms with Gasteiger partial charge in [0.1, 0.15) is 11.1 Å². The highest BCUT2D eigenvalue weighted by molar-refractivity contribution is 5.93. The van der Waals surface area contributed by atoms with Crippen LogP contribution >= 0.6 is 0 Å². The maximum Gasteiger partial charge on any atom is 0.329 e. The summed E-state index contributed by atoms with van der Waals surface area (Å²) in [5, 5.41) is 9.22. The highest BCUT2D eigenvalue weighted by Gasteiger charge is 2.64. The first kappa shape index (κ1) is 16.9. The van der Waals surface area contributed by atoms with E-state index < -0.39 is 22.5 Å². The molecule has 1 aliphatic rings. The first-order chi connectivity index (χ1) is 8.92. The van der Waals surface area contributed by atoms with Gasteiger partial charge in [-0.15, -0.1) is 0 Å². The average molecular weight is 286 g/mol. The number of ether oxygens (including phenoxy) is 1. The SMILES string of the molecule is CCOC1CC(N)(C(=O)N(C)C(C)(C)C(=O)O)C1(C)C. The Bertz CT molecular complexity index is 419. The Hall–Kier alpha value is -1.14. The third-order valence-electron chi connectivity index (χ3n) is 4.88. The summed E-state index contributed by atoms with van der Waals surface area (Å²) in [6.07, 6.45) is 0.329. The molecule has 0 aromatic rings. The second kappa shape index (κ2) is 5.00. The third-order valence-corrected chi connectivity index (χ3v) is 4.88. The Labute approximate surface area is 120 Å². The van der Waals surface area contributed by atoms with E-state index in [0.717, 1.165) is 0 Å². The van der Waals surface area contributed by atoms with Crippen LogP contribution in [0.1, 0.15) is 41.0 Å². The summed E-state index contributed by atoms with van der Waals surface area (Å²) in [6.45, 7) is 9.21. The van der Waals surface area contributed by atoms with Gasteiger partial charge in [-0.25, -0.2) is 4.79 Å². The Kier molecular flexibility index (Phi) is 4.23. The molecule has 0 heterocycles. The molecule has 0 aromatic carbocycles. The van der Waals surface area contributed by atoms with Crippen molar-refractivity contribution < 1.29 is 19.4 Å². The third kappa shape index (κ3) is 2.20. The quantitative estimate of drug-likeness (QED) is 0.781. The molecular weight excluding hydrogens is 260 g/mol. The van der Waals surface area contributed by atoms with E-state index in [-0.39, 0.29) is 12.0 Å². The van der Waals surface area contributed by atoms with E-state index in [2.05, 4.69) is 0 Å². The minimum absolute atomic E-state index is 0.0807. The lowest BCUT2D eigenvalue weighted by atomic mass is 9.54. The van der Waals surface area contributed by atoms with Crippen LogP contribution in [0.25, 0.3) is 0 Å². The molecular formula is C14H26N2O4. The van der Waals surface area contributed by atoms with Gasteiger partial charge in [0.15, 0.2) is 0 Å². The van der Waals surface area contributed by atoms with Crippen LogP contribution in [0.5, 0.6) is 0 Å². The van der Waals surface area contributed by atoms with Crippen LogP contribution in [0.4, 0.5) is 0 Å². The molecule has 6 heteroatoms. The number of rotatable bonds is 5. The lowest BCUT2D eigenvalue weighted by Gasteiger charge is -2.59. The summed E-state index contributed by atoms with van der Waals surface area (Å²) in [5.41, 5.74) is 3.37. The molecule has 1 fully saturated rings. The molecule has 6 nitrogen and oxygen atoms in total. The lowest BCUT2D eigenvalue weighted by molar-refractivity contribution is -0.184. The van der Waals surface area contributed by atoms with Gasteiger partial charge < -0.3 is 20.5 Å². The molecule has 2 unspecified atom stereocenters. The van der Waals surface area contributed by atoms with E-state index >= 15 is 0 Å². The molecule has 2 atom stereocenters. The summed E-state index contributed by atoms with van der Waals surface area (Å²) in [4.78, 5) is 25.1. The second-order valence-corrected chi connectivity index (χ2v) is 6.57. The number of aliphatic carboxylic acids is 1. The molecule has 20 heavy (non-hydrogen) atoms. The number of carboxylic acids is 1. The Morgan fingerprint density at radius 1 is 1.45 bits per heavy atom. The Balaban J connectivity index is 2.96. The van der Waals surface area contributed by atoms with E-state index in [1.165, 1.54) is 25.8 Å². The zero-order valence-electron chi connectivity index (χ0n) is 13.2. The zero-order chi connectivity index (χ0) is 15.9. The molecule has 3 N–H and O–H groups in total. The van der Waals surface area contributed by atoms with Crippen LogP contribution in [0.2, 0.25) is 0 Å². The van der Waals surface area contributed by atoms with Gasteiger partial charge in [-0.1, -0.05) is 13.8 Å². The van der Waals surface area contributed by atoms with Gasteiger partial charge in [0.2, 0.25) is 5.91 Å². The van der Waals surface area contributed by atoms with Crippen LogP contribution in [0, 0.1) is 5.41 Å². The fourth-order valence-electron chi connectivity index (χ4n) is 2.49. The maximum absolute atomic E-state index is 12.6. The highest BCUT2D eigenvalue weighted by atomic mass is 16.5. The summed E-state index contributed by atoms with van der Waals surface area (Å²) in [6, 6.07) is 0. The first-order valence-electron chi connectivity index (χ1n) is 6.85. The van der Waals surface area contributed by atoms with E-state index in [9.17, 15) is 14.7 Å². The standard InChI is InChI=1S/C14H26N2O4/c1-7-20-9-8-14(15,12(9,2)3)10(17)16(6)13(4,5)11(18)19/h9H,7-8,15H2,1-6H3,(H,18,19). The van der Waals surface area contributed by atoms with Gasteiger partial charge in [0, 0.05) is 25.5 Å². The molecule has 1 rings (SSSR count). The van der Waals surface area contributed by atoms with Crippen LogP contribution in [-0.2, 0) is 14.3 Å². The number of nitrogens with two attached hydrogens (primary N) is 1. The molecule has 116 valence electrons. The maximum atomic E-state index is 12.6. The van der Waals surface area contributed by atoms with Crippen molar-refractivity contribution >= 4 is 11.9 Å². The highest BCUT2D eigenvalue weighted by Crippen LogP contribution is 2.50. The van der Waals surface area contributed by atoms with Crippen molar-refractivity contribution in [1.29, 1.82) is 0 Å². The van der Waals surface area contributed by atoms with Crippen molar-refractivity contribution in [2.45, 2.75) is 58.2 Å². The van der Waals surface area contributed by atoms with Gasteiger partial charge in [0.05, 0.1) is 6.10 Å². The first-order valence-corrected chi connectivity index (χ1v) is 6.85. The smallest absolute Gasteiger partial charge is 0.329 e. The van der Waals surface area contributed by atoms with Crippen molar-refractivity contribution in [3.63, 3.8) is 0 Å². The van der Waals surface area contributed by atoms with Crippen molar-refractivity contribution in [3.8, 4) is 0 Å². The Morgan fingerprint density at radius 3 is 2.30 bits per heavy atom. The topological polar surface area (TPSA) is 92.9 Å². The fourth-order valence-corrected chi connectivity index (χ4v) is 2.49. The summed E-state index contributed by atoms with van der Waals surface area (Å²) >= 11 is 0. The van der Waals surface area contributed by atoms with Crippen LogP contribution in [0.3, 0.4) is 0 Å². The predicted octanol–water partition coefficient (Wildman–Crippen LogP) is 0.841. The predicted molar refractivity (Wildman–Crippen MR) is 75.2 cm³/mol. The number of carbonyl (C=O) groups excluding carboxylic acids is 1. The number of amides is 1. The minimum atomic E-state index is -1.30. The van der Waals surface area contributed by atoms with Crippen molar-refractivity contribution in [2.24, 2.45) is 11.1 Å². The molecule has 0 aliphatic heterocycles. The van der Waals surface area contributed by atoms with E-state index in [1.54, 1.807) is 0 Å². The fraction of sp³-hybridized carbons (Fsp3) is 0.857. The molecule has 0 spiro atoms. The monoisotopic (exact) mass is 286 g/mol. The number of hydrogen-bond acceptors (Lipinski definition) is 4. The molecule has 0 aromatic heterocycles. The second-order valence-electron chi connectivity index (χ2n) is 6.57. The summed E-state index contributed by atoms with van der Waals surface area (Å²) < 4.78 is 5.58. The van der Waals surface area contributed by atoms with Gasteiger partial charge in [-0.2, -0.15) is 0 Å². The van der Waals surface area contributed by atoms with Gasteiger partial charge in [0.25, 0.3) is 0 Å². The largest absolute Gasteiger partial charge is 0.480 e. The van der Waals surface area contributed by atoms with E-state index in [4.69, 9.17) is 10.5 Å². The molecule has 1 amide bonds. The van der Waals surface area contributed by atoms with Gasteiger partial charge in [-0.3, -0.25) is 4.79 Å². The molecule has 0 saturated heterocycles. The molecule has 1 saturated carbocycles. The normalized spacial score (nSPS) is 28.6. The Morgan fingerprint density at radius 2 is 1.95 bits per heavy atom. The summed E-state index contributed by atoms with van der Waals surface area (Å²) in [5.74, 6) is -1.42. The van der Waals surface area contributed by atoms with Crippen LogP contribution in [-0.4, -0.2) is 52.7 Å². The van der Waals surface area contributed by atoms with E-state index in [1.807, 2.05) is 20.8 Å². The zero-order valence-corrected chi connectivity index (χ0v) is 13.2. The number of carbonyl (C=O) groups is 2. The van der Waals surface area contributed by atoms with Crippen molar-refractivity contribution in [2.75, 3.05) is 13.7 Å². The number of likely N-dealkylation sites (N-methyl/N-ethyl adjacent to an activating group) is 1. The molecule has 1 aliphatic carbocycles. The van der Waals surface area contributed by atoms with Crippen molar-refractivity contribution in [3.05, 3.63) is 0 Å². The number of nitrogens with zero attached hydrogens (tertiary/aromatic N) is 1. The van der Waals surface area contributed by atoms with E-state index in [0.29, 0.717) is 13.0 Å². The summed E-state index contributed by atoms with van der Waals surface area (Å²) in [7, 11) is 1.48. The number of hydrogen-bond donors (Lipinski definition) is 2.